The summed E-state index contributed by atoms with van der Waals surface area (Å²) in [7, 11) is 0. The monoisotopic (exact) mass is 208 g/mol. The molecule has 1 unspecified atom stereocenters. The summed E-state index contributed by atoms with van der Waals surface area (Å²) in [5.41, 5.74) is 0. The number of rotatable bonds is 3. The van der Waals surface area contributed by atoms with Gasteiger partial charge in [0.05, 0.1) is 18.1 Å². The molecular weight excluding hydrogens is 192 g/mol. The molecule has 0 aromatic rings. The van der Waals surface area contributed by atoms with Crippen LogP contribution >= 0.6 is 0 Å². The predicted octanol–water partition coefficient (Wildman–Crippen LogP) is 0.926. The molecule has 1 saturated heterocycles. The molecule has 0 aromatic heterocycles. The van der Waals surface area contributed by atoms with Crippen molar-refractivity contribution in [3.05, 3.63) is 0 Å². The van der Waals surface area contributed by atoms with Crippen molar-refractivity contribution in [2.75, 3.05) is 13.2 Å². The smallest absolute Gasteiger partial charge is 0.224 e. The third-order valence-electron chi connectivity index (χ3n) is 3.25. The first-order valence-electron chi connectivity index (χ1n) is 5.55. The number of ether oxygens (including phenoxy) is 1. The number of nitrogens with zero attached hydrogens (tertiary/aromatic N) is 2. The van der Waals surface area contributed by atoms with E-state index in [1.807, 2.05) is 11.8 Å². The summed E-state index contributed by atoms with van der Waals surface area (Å²) in [5, 5.41) is 8.76. The van der Waals surface area contributed by atoms with Gasteiger partial charge in [0.2, 0.25) is 5.91 Å². The van der Waals surface area contributed by atoms with Crippen LogP contribution in [0.15, 0.2) is 0 Å². The standard InChI is InChI=1S/C11H16N2O2/c1-2-15-10-4-9(5-10)13-7-8(6-12)3-11(13)14/h8-10H,2-5,7H2,1H3. The van der Waals surface area contributed by atoms with E-state index in [2.05, 4.69) is 6.07 Å². The Balaban J connectivity index is 1.82. The highest BCUT2D eigenvalue weighted by Gasteiger charge is 2.41. The van der Waals surface area contributed by atoms with Gasteiger partial charge in [-0.25, -0.2) is 0 Å². The molecule has 1 aliphatic heterocycles. The van der Waals surface area contributed by atoms with Crippen molar-refractivity contribution < 1.29 is 9.53 Å². The zero-order chi connectivity index (χ0) is 10.8. The summed E-state index contributed by atoms with van der Waals surface area (Å²) < 4.78 is 5.45. The number of nitriles is 1. The molecule has 0 spiro atoms. The summed E-state index contributed by atoms with van der Waals surface area (Å²) in [6.07, 6.45) is 2.62. The molecule has 82 valence electrons. The molecular formula is C11H16N2O2. The molecule has 2 fully saturated rings. The highest BCUT2D eigenvalue weighted by atomic mass is 16.5. The van der Waals surface area contributed by atoms with Crippen LogP contribution in [-0.4, -0.2) is 36.1 Å². The average Bonchev–Trinajstić information content (AvgIpc) is 2.53. The molecule has 1 saturated carbocycles. The first-order chi connectivity index (χ1) is 7.24. The molecule has 4 heteroatoms. The Bertz CT molecular complexity index is 291. The minimum absolute atomic E-state index is 0.0938. The van der Waals surface area contributed by atoms with Crippen LogP contribution < -0.4 is 0 Å². The summed E-state index contributed by atoms with van der Waals surface area (Å²) in [4.78, 5) is 13.4. The van der Waals surface area contributed by atoms with Crippen LogP contribution in [0.2, 0.25) is 0 Å². The first-order valence-corrected chi connectivity index (χ1v) is 5.55. The normalized spacial score (nSPS) is 35.1. The molecule has 1 atom stereocenters. The van der Waals surface area contributed by atoms with E-state index in [0.717, 1.165) is 19.4 Å². The largest absolute Gasteiger partial charge is 0.378 e. The first kappa shape index (κ1) is 10.4. The lowest BCUT2D eigenvalue weighted by Gasteiger charge is -2.40. The summed E-state index contributed by atoms with van der Waals surface area (Å²) in [6.45, 7) is 3.35. The lowest BCUT2D eigenvalue weighted by molar-refractivity contribution is -0.134. The van der Waals surface area contributed by atoms with Crippen LogP contribution in [0.5, 0.6) is 0 Å². The van der Waals surface area contributed by atoms with Gasteiger partial charge in [0.1, 0.15) is 0 Å². The Kier molecular flexibility index (Phi) is 2.92. The number of likely N-dealkylation sites (tertiary alicyclic amines) is 1. The molecule has 0 radical (unpaired) electrons. The second-order valence-electron chi connectivity index (χ2n) is 4.28. The van der Waals surface area contributed by atoms with Crippen molar-refractivity contribution in [3.63, 3.8) is 0 Å². The molecule has 0 bridgehead atoms. The van der Waals surface area contributed by atoms with Crippen LogP contribution in [0.3, 0.4) is 0 Å². The molecule has 0 aromatic carbocycles. The Morgan fingerprint density at radius 3 is 2.87 bits per heavy atom. The van der Waals surface area contributed by atoms with Gasteiger partial charge in [0, 0.05) is 25.6 Å². The zero-order valence-corrected chi connectivity index (χ0v) is 8.98. The van der Waals surface area contributed by atoms with Crippen molar-refractivity contribution in [1.82, 2.24) is 4.90 Å². The van der Waals surface area contributed by atoms with Gasteiger partial charge in [0.25, 0.3) is 0 Å². The third-order valence-corrected chi connectivity index (χ3v) is 3.25. The van der Waals surface area contributed by atoms with E-state index < -0.39 is 0 Å². The second-order valence-corrected chi connectivity index (χ2v) is 4.28. The second kappa shape index (κ2) is 4.19. The molecule has 2 aliphatic rings. The van der Waals surface area contributed by atoms with E-state index in [-0.39, 0.29) is 11.8 Å². The van der Waals surface area contributed by atoms with E-state index in [4.69, 9.17) is 10.00 Å². The van der Waals surface area contributed by atoms with Gasteiger partial charge in [-0.15, -0.1) is 0 Å². The maximum atomic E-state index is 11.6. The van der Waals surface area contributed by atoms with E-state index in [0.29, 0.717) is 25.1 Å². The van der Waals surface area contributed by atoms with Crippen LogP contribution in [0.1, 0.15) is 26.2 Å². The van der Waals surface area contributed by atoms with E-state index in [9.17, 15) is 4.79 Å². The number of hydrogen-bond donors (Lipinski definition) is 0. The number of carbonyl (C=O) groups is 1. The quantitative estimate of drug-likeness (QED) is 0.693. The highest BCUT2D eigenvalue weighted by molar-refractivity contribution is 5.79. The average molecular weight is 208 g/mol. The van der Waals surface area contributed by atoms with Crippen molar-refractivity contribution >= 4 is 5.91 Å². The fourth-order valence-corrected chi connectivity index (χ4v) is 2.34. The summed E-state index contributed by atoms with van der Waals surface area (Å²) in [6, 6.07) is 2.50. The van der Waals surface area contributed by atoms with E-state index >= 15 is 0 Å². The molecule has 15 heavy (non-hydrogen) atoms. The van der Waals surface area contributed by atoms with Gasteiger partial charge < -0.3 is 9.64 Å². The van der Waals surface area contributed by atoms with Crippen molar-refractivity contribution in [3.8, 4) is 6.07 Å². The van der Waals surface area contributed by atoms with Gasteiger partial charge in [0.15, 0.2) is 0 Å². The third kappa shape index (κ3) is 1.98. The van der Waals surface area contributed by atoms with Crippen molar-refractivity contribution in [2.45, 2.75) is 38.3 Å². The van der Waals surface area contributed by atoms with Crippen LogP contribution in [-0.2, 0) is 9.53 Å². The minimum atomic E-state index is -0.0938. The van der Waals surface area contributed by atoms with Gasteiger partial charge in [-0.2, -0.15) is 5.26 Å². The molecule has 1 amide bonds. The maximum absolute atomic E-state index is 11.6. The molecule has 1 aliphatic carbocycles. The lowest BCUT2D eigenvalue weighted by Crippen LogP contribution is -2.48. The highest BCUT2D eigenvalue weighted by Crippen LogP contribution is 2.32. The van der Waals surface area contributed by atoms with Crippen LogP contribution in [0.25, 0.3) is 0 Å². The fraction of sp³-hybridized carbons (Fsp3) is 0.818. The molecule has 2 rings (SSSR count). The zero-order valence-electron chi connectivity index (χ0n) is 8.98. The maximum Gasteiger partial charge on any atom is 0.224 e. The van der Waals surface area contributed by atoms with Crippen LogP contribution in [0.4, 0.5) is 0 Å². The van der Waals surface area contributed by atoms with Gasteiger partial charge in [-0.05, 0) is 19.8 Å². The van der Waals surface area contributed by atoms with Gasteiger partial charge >= 0.3 is 0 Å². The summed E-state index contributed by atoms with van der Waals surface area (Å²) >= 11 is 0. The number of amides is 1. The van der Waals surface area contributed by atoms with Crippen LogP contribution in [0, 0.1) is 17.2 Å². The van der Waals surface area contributed by atoms with E-state index in [1.54, 1.807) is 0 Å². The Labute approximate surface area is 89.8 Å². The minimum Gasteiger partial charge on any atom is -0.378 e. The SMILES string of the molecule is CCOC1CC(N2CC(C#N)CC2=O)C1. The molecule has 0 N–H and O–H groups in total. The molecule has 4 nitrogen and oxygen atoms in total. The van der Waals surface area contributed by atoms with Crippen molar-refractivity contribution in [2.24, 2.45) is 5.92 Å². The Hall–Kier alpha value is -1.08. The number of carbonyl (C=O) groups excluding carboxylic acids is 1. The molecule has 1 heterocycles. The van der Waals surface area contributed by atoms with E-state index in [1.165, 1.54) is 0 Å². The fourth-order valence-electron chi connectivity index (χ4n) is 2.34. The Morgan fingerprint density at radius 2 is 2.33 bits per heavy atom. The van der Waals surface area contributed by atoms with Gasteiger partial charge in [-0.1, -0.05) is 0 Å². The van der Waals surface area contributed by atoms with Gasteiger partial charge in [-0.3, -0.25) is 4.79 Å². The van der Waals surface area contributed by atoms with Crippen molar-refractivity contribution in [1.29, 1.82) is 5.26 Å². The summed E-state index contributed by atoms with van der Waals surface area (Å²) in [5.74, 6) is 0.0464. The lowest BCUT2D eigenvalue weighted by atomic mass is 9.88. The number of hydrogen-bond acceptors (Lipinski definition) is 3. The topological polar surface area (TPSA) is 53.3 Å². The predicted molar refractivity (Wildman–Crippen MR) is 53.9 cm³/mol. The Morgan fingerprint density at radius 1 is 1.60 bits per heavy atom.